The fourth-order valence-corrected chi connectivity index (χ4v) is 4.79. The van der Waals surface area contributed by atoms with E-state index in [0.717, 1.165) is 29.8 Å². The number of halogens is 2. The van der Waals surface area contributed by atoms with E-state index in [1.165, 1.54) is 6.07 Å². The summed E-state index contributed by atoms with van der Waals surface area (Å²) in [5, 5.41) is 0. The Kier molecular flexibility index (Phi) is 5.47. The van der Waals surface area contributed by atoms with Crippen molar-refractivity contribution >= 4 is 33.3 Å². The molecule has 1 unspecified atom stereocenters. The number of hydrogen-bond acceptors (Lipinski definition) is 4. The van der Waals surface area contributed by atoms with Gasteiger partial charge < -0.3 is 9.64 Å². The first-order chi connectivity index (χ1) is 13.5. The number of ketones is 1. The van der Waals surface area contributed by atoms with Crippen molar-refractivity contribution in [2.75, 3.05) is 26.3 Å². The van der Waals surface area contributed by atoms with Crippen molar-refractivity contribution in [1.29, 1.82) is 0 Å². The number of nitrogens with zero attached hydrogens (tertiary/aromatic N) is 2. The van der Waals surface area contributed by atoms with Crippen molar-refractivity contribution in [3.8, 4) is 0 Å². The van der Waals surface area contributed by atoms with E-state index >= 15 is 0 Å². The summed E-state index contributed by atoms with van der Waals surface area (Å²) in [6, 6.07) is 4.74. The highest BCUT2D eigenvalue weighted by Gasteiger charge is 2.47. The van der Waals surface area contributed by atoms with Crippen LogP contribution < -0.4 is 0 Å². The molecule has 2 heterocycles. The summed E-state index contributed by atoms with van der Waals surface area (Å²) < 4.78 is 19.5. The number of benzene rings is 1. The molecule has 1 aromatic rings. The molecule has 0 N–H and O–H groups in total. The minimum atomic E-state index is -0.430. The maximum absolute atomic E-state index is 13.8. The van der Waals surface area contributed by atoms with E-state index in [4.69, 9.17) is 9.73 Å². The van der Waals surface area contributed by atoms with E-state index < -0.39 is 11.8 Å². The van der Waals surface area contributed by atoms with Gasteiger partial charge in [-0.1, -0.05) is 6.07 Å². The van der Waals surface area contributed by atoms with Gasteiger partial charge in [-0.25, -0.2) is 4.39 Å². The molecule has 28 heavy (non-hydrogen) atoms. The van der Waals surface area contributed by atoms with Crippen molar-refractivity contribution in [3.05, 3.63) is 45.3 Å². The third kappa shape index (κ3) is 3.35. The Morgan fingerprint density at radius 1 is 1.29 bits per heavy atom. The first-order valence-electron chi connectivity index (χ1n) is 9.66. The fourth-order valence-electron chi connectivity index (χ4n) is 4.39. The number of rotatable bonds is 5. The second-order valence-corrected chi connectivity index (χ2v) is 8.19. The summed E-state index contributed by atoms with van der Waals surface area (Å²) in [5.74, 6) is -1.19. The van der Waals surface area contributed by atoms with Crippen molar-refractivity contribution < 1.29 is 18.7 Å². The van der Waals surface area contributed by atoms with Crippen LogP contribution >= 0.6 is 15.9 Å². The van der Waals surface area contributed by atoms with Crippen LogP contribution in [0.25, 0.3) is 0 Å². The van der Waals surface area contributed by atoms with Gasteiger partial charge >= 0.3 is 0 Å². The summed E-state index contributed by atoms with van der Waals surface area (Å²) in [4.78, 5) is 32.5. The smallest absolute Gasteiger partial charge is 0.252 e. The molecule has 0 spiro atoms. The van der Waals surface area contributed by atoms with E-state index in [1.54, 1.807) is 17.0 Å². The molecule has 4 rings (SSSR count). The third-order valence-electron chi connectivity index (χ3n) is 5.67. The van der Waals surface area contributed by atoms with Crippen LogP contribution in [-0.2, 0) is 14.3 Å². The molecule has 0 aromatic heterocycles. The Morgan fingerprint density at radius 3 is 2.86 bits per heavy atom. The van der Waals surface area contributed by atoms with E-state index in [0.29, 0.717) is 42.8 Å². The molecule has 1 amide bonds. The molecule has 1 saturated carbocycles. The van der Waals surface area contributed by atoms with Gasteiger partial charge in [-0.2, -0.15) is 0 Å². The molecule has 2 atom stereocenters. The van der Waals surface area contributed by atoms with Gasteiger partial charge in [0.2, 0.25) is 0 Å². The normalized spacial score (nSPS) is 24.4. The lowest BCUT2D eigenvalue weighted by atomic mass is 9.69. The largest absolute Gasteiger partial charge is 0.380 e. The second-order valence-electron chi connectivity index (χ2n) is 7.34. The Morgan fingerprint density at radius 2 is 2.11 bits per heavy atom. The van der Waals surface area contributed by atoms with Crippen molar-refractivity contribution in [2.45, 2.75) is 32.1 Å². The lowest BCUT2D eigenvalue weighted by Crippen LogP contribution is -2.39. The first kappa shape index (κ1) is 19.5. The maximum atomic E-state index is 13.8. The summed E-state index contributed by atoms with van der Waals surface area (Å²) in [5.41, 5.74) is 2.96. The Balaban J connectivity index is 1.75. The SMILES string of the molecule is CCOCCN1CC2=C(C1=O)[C@@H](c1ccc(F)c(Br)c1)C1C(=O)CCCC1=N2. The number of amides is 1. The zero-order valence-electron chi connectivity index (χ0n) is 15.7. The highest BCUT2D eigenvalue weighted by Crippen LogP contribution is 2.46. The number of hydrogen-bond donors (Lipinski definition) is 0. The van der Waals surface area contributed by atoms with Gasteiger partial charge in [0.15, 0.2) is 0 Å². The summed E-state index contributed by atoms with van der Waals surface area (Å²) in [6.07, 6.45) is 2.05. The van der Waals surface area contributed by atoms with Crippen molar-refractivity contribution in [2.24, 2.45) is 10.9 Å². The zero-order chi connectivity index (χ0) is 19.8. The van der Waals surface area contributed by atoms with E-state index in [2.05, 4.69) is 15.9 Å². The van der Waals surface area contributed by atoms with Crippen LogP contribution in [0.3, 0.4) is 0 Å². The third-order valence-corrected chi connectivity index (χ3v) is 6.27. The summed E-state index contributed by atoms with van der Waals surface area (Å²) >= 11 is 3.24. The molecule has 7 heteroatoms. The first-order valence-corrected chi connectivity index (χ1v) is 10.5. The molecular formula is C21H22BrFN2O3. The molecule has 2 aliphatic heterocycles. The second kappa shape index (κ2) is 7.87. The van der Waals surface area contributed by atoms with Gasteiger partial charge in [-0.3, -0.25) is 14.6 Å². The van der Waals surface area contributed by atoms with Crippen molar-refractivity contribution in [3.63, 3.8) is 0 Å². The van der Waals surface area contributed by atoms with Crippen LogP contribution in [0.4, 0.5) is 4.39 Å². The van der Waals surface area contributed by atoms with Gasteiger partial charge in [0.05, 0.1) is 29.2 Å². The van der Waals surface area contributed by atoms with Crippen LogP contribution in [0.5, 0.6) is 0 Å². The Hall–Kier alpha value is -1.86. The minimum Gasteiger partial charge on any atom is -0.380 e. The fraction of sp³-hybridized carbons (Fsp3) is 0.476. The maximum Gasteiger partial charge on any atom is 0.252 e. The molecule has 0 bridgehead atoms. The Bertz CT molecular complexity index is 896. The molecule has 3 aliphatic rings. The topological polar surface area (TPSA) is 59.0 Å². The van der Waals surface area contributed by atoms with Crippen LogP contribution in [0.15, 0.2) is 38.9 Å². The Labute approximate surface area is 171 Å². The summed E-state index contributed by atoms with van der Waals surface area (Å²) in [6.45, 7) is 3.90. The van der Waals surface area contributed by atoms with Crippen LogP contribution in [0, 0.1) is 11.7 Å². The van der Waals surface area contributed by atoms with E-state index in [9.17, 15) is 14.0 Å². The predicted molar refractivity (Wildman–Crippen MR) is 107 cm³/mol. The van der Waals surface area contributed by atoms with Crippen LogP contribution in [0.1, 0.15) is 37.7 Å². The average molecular weight is 449 g/mol. The monoisotopic (exact) mass is 448 g/mol. The lowest BCUT2D eigenvalue weighted by Gasteiger charge is -2.34. The lowest BCUT2D eigenvalue weighted by molar-refractivity contribution is -0.126. The van der Waals surface area contributed by atoms with Gasteiger partial charge in [-0.05, 0) is 53.4 Å². The highest BCUT2D eigenvalue weighted by atomic mass is 79.9. The number of aliphatic imine (C=N–C) groups is 1. The summed E-state index contributed by atoms with van der Waals surface area (Å²) in [7, 11) is 0. The zero-order valence-corrected chi connectivity index (χ0v) is 17.3. The molecule has 0 radical (unpaired) electrons. The van der Waals surface area contributed by atoms with Crippen molar-refractivity contribution in [1.82, 2.24) is 4.90 Å². The molecule has 1 aliphatic carbocycles. The van der Waals surface area contributed by atoms with Gasteiger partial charge in [0, 0.05) is 36.8 Å². The standard InChI is InChI=1S/C21H22BrFN2O3/c1-2-28-9-8-25-11-16-20(21(25)27)18(12-6-7-14(23)13(22)10-12)19-15(24-16)4-3-5-17(19)26/h6-7,10,18-19H,2-5,8-9,11H2,1H3/t18-,19?/m0/s1. The van der Waals surface area contributed by atoms with Crippen LogP contribution in [0.2, 0.25) is 0 Å². The predicted octanol–water partition coefficient (Wildman–Crippen LogP) is 3.63. The molecule has 1 fully saturated rings. The quantitative estimate of drug-likeness (QED) is 0.646. The van der Waals surface area contributed by atoms with Gasteiger partial charge in [0.25, 0.3) is 5.91 Å². The van der Waals surface area contributed by atoms with E-state index in [-0.39, 0.29) is 17.5 Å². The molecule has 1 aromatic carbocycles. The molecule has 5 nitrogen and oxygen atoms in total. The number of carbonyl (C=O) groups excluding carboxylic acids is 2. The number of Topliss-reactive ketones (excluding diaryl/α,β-unsaturated/α-hetero) is 1. The van der Waals surface area contributed by atoms with Gasteiger partial charge in [0.1, 0.15) is 11.6 Å². The highest BCUT2D eigenvalue weighted by molar-refractivity contribution is 9.10. The number of fused-ring (bicyclic) bond motifs is 1. The molecule has 0 saturated heterocycles. The molecule has 148 valence electrons. The number of carbonyl (C=O) groups is 2. The average Bonchev–Trinajstić information content (AvgIpc) is 2.98. The van der Waals surface area contributed by atoms with E-state index in [1.807, 2.05) is 6.92 Å². The molecular weight excluding hydrogens is 427 g/mol. The number of ether oxygens (including phenoxy) is 1. The van der Waals surface area contributed by atoms with Crippen LogP contribution in [-0.4, -0.2) is 48.6 Å². The van der Waals surface area contributed by atoms with Gasteiger partial charge in [-0.15, -0.1) is 0 Å². The minimum absolute atomic E-state index is 0.0960.